The van der Waals surface area contributed by atoms with Gasteiger partial charge in [-0.15, -0.1) is 0 Å². The molecule has 0 amide bonds. The average Bonchev–Trinajstić information content (AvgIpc) is 3.53. The molecule has 0 fully saturated rings. The summed E-state index contributed by atoms with van der Waals surface area (Å²) >= 11 is 0. The van der Waals surface area contributed by atoms with Crippen molar-refractivity contribution in [3.8, 4) is 39.1 Å². The number of benzene rings is 9. The maximum Gasteiger partial charge on any atom is 0.188 e. The molecule has 9 aromatic carbocycles. The van der Waals surface area contributed by atoms with Gasteiger partial charge in [-0.2, -0.15) is 0 Å². The molecule has 10 rings (SSSR count). The van der Waals surface area contributed by atoms with Crippen molar-refractivity contribution in [2.24, 2.45) is 0 Å². The summed E-state index contributed by atoms with van der Waals surface area (Å²) in [6.07, 6.45) is 0. The Hall–Kier alpha value is -6.95. The molecule has 0 spiro atoms. The van der Waals surface area contributed by atoms with Gasteiger partial charge in [0.05, 0.1) is 17.6 Å². The fourth-order valence-electron chi connectivity index (χ4n) is 8.21. The lowest BCUT2D eigenvalue weighted by Crippen LogP contribution is -1.94. The van der Waals surface area contributed by atoms with Gasteiger partial charge < -0.3 is 4.57 Å². The van der Waals surface area contributed by atoms with Crippen LogP contribution in [0.4, 0.5) is 5.69 Å². The molecule has 10 aromatic rings. The van der Waals surface area contributed by atoms with Crippen LogP contribution in [-0.2, 0) is 0 Å². The third kappa shape index (κ3) is 4.49. The number of fused-ring (bicyclic) bond motifs is 6. The zero-order valence-electron chi connectivity index (χ0n) is 27.7. The molecule has 1 aromatic heterocycles. The molecule has 0 saturated heterocycles. The fourth-order valence-corrected chi connectivity index (χ4v) is 8.21. The minimum Gasteiger partial charge on any atom is -0.309 e. The van der Waals surface area contributed by atoms with Crippen molar-refractivity contribution in [2.75, 3.05) is 0 Å². The van der Waals surface area contributed by atoms with Gasteiger partial charge in [0.25, 0.3) is 0 Å². The van der Waals surface area contributed by atoms with Crippen LogP contribution in [-0.4, -0.2) is 4.57 Å². The summed E-state index contributed by atoms with van der Waals surface area (Å²) in [5, 5.41) is 9.60. The van der Waals surface area contributed by atoms with E-state index in [1.54, 1.807) is 0 Å². The summed E-state index contributed by atoms with van der Waals surface area (Å²) in [6.45, 7) is 7.77. The number of para-hydroxylation sites is 1. The van der Waals surface area contributed by atoms with Crippen LogP contribution >= 0.6 is 0 Å². The Morgan fingerprint density at radius 2 is 0.843 bits per heavy atom. The minimum absolute atomic E-state index is 0.644. The van der Waals surface area contributed by atoms with Gasteiger partial charge in [0, 0.05) is 11.1 Å². The van der Waals surface area contributed by atoms with Gasteiger partial charge in [0.15, 0.2) is 5.69 Å². The highest BCUT2D eigenvalue weighted by Crippen LogP contribution is 2.47. The first-order valence-electron chi connectivity index (χ1n) is 17.3. The second-order valence-corrected chi connectivity index (χ2v) is 13.1. The maximum absolute atomic E-state index is 7.77. The number of aromatic nitrogens is 1. The summed E-state index contributed by atoms with van der Waals surface area (Å²) in [5.41, 5.74) is 11.3. The Kier molecular flexibility index (Phi) is 6.59. The summed E-state index contributed by atoms with van der Waals surface area (Å²) in [6, 6.07) is 65.2. The lowest BCUT2D eigenvalue weighted by atomic mass is 9.83. The Morgan fingerprint density at radius 1 is 0.353 bits per heavy atom. The third-order valence-electron chi connectivity index (χ3n) is 10.4. The van der Waals surface area contributed by atoms with Crippen LogP contribution in [0.2, 0.25) is 0 Å². The fraction of sp³-hybridized carbons (Fsp3) is 0. The van der Waals surface area contributed by atoms with Crippen LogP contribution in [0.25, 0.3) is 98.0 Å². The highest BCUT2D eigenvalue weighted by Gasteiger charge is 2.20. The van der Waals surface area contributed by atoms with Crippen LogP contribution in [0.5, 0.6) is 0 Å². The Labute approximate surface area is 295 Å². The summed E-state index contributed by atoms with van der Waals surface area (Å²) in [4.78, 5) is 3.80. The zero-order chi connectivity index (χ0) is 33.9. The standard InChI is InChI=1S/C49H30N2/c1-50-34-25-29-47-45(31-34)44-30-33(24-28-46(44)51(47)35-16-6-3-7-17-35)48-39-20-10-12-22-41(39)49(42-23-13-11-21-40(42)48)43-27-26-36(32-14-4-2-5-15-32)37-18-8-9-19-38(37)43/h2-31H. The Balaban J connectivity index is 1.27. The lowest BCUT2D eigenvalue weighted by molar-refractivity contribution is 1.18. The van der Waals surface area contributed by atoms with E-state index in [1.807, 2.05) is 18.2 Å². The van der Waals surface area contributed by atoms with Crippen LogP contribution < -0.4 is 0 Å². The van der Waals surface area contributed by atoms with E-state index in [9.17, 15) is 0 Å². The van der Waals surface area contributed by atoms with Gasteiger partial charge in [0.1, 0.15) is 0 Å². The van der Waals surface area contributed by atoms with Crippen molar-refractivity contribution >= 4 is 59.8 Å². The van der Waals surface area contributed by atoms with Gasteiger partial charge >= 0.3 is 0 Å². The molecule has 51 heavy (non-hydrogen) atoms. The van der Waals surface area contributed by atoms with E-state index in [0.29, 0.717) is 5.69 Å². The molecule has 0 radical (unpaired) electrons. The predicted molar refractivity (Wildman–Crippen MR) is 216 cm³/mol. The topological polar surface area (TPSA) is 9.29 Å². The first kappa shape index (κ1) is 29.0. The smallest absolute Gasteiger partial charge is 0.188 e. The second kappa shape index (κ2) is 11.6. The second-order valence-electron chi connectivity index (χ2n) is 13.1. The van der Waals surface area contributed by atoms with E-state index in [-0.39, 0.29) is 0 Å². The first-order chi connectivity index (χ1) is 25.3. The van der Waals surface area contributed by atoms with Crippen LogP contribution in [0.15, 0.2) is 182 Å². The molecule has 2 nitrogen and oxygen atoms in total. The van der Waals surface area contributed by atoms with Gasteiger partial charge in [-0.05, 0) is 107 Å². The Morgan fingerprint density at radius 3 is 1.47 bits per heavy atom. The monoisotopic (exact) mass is 646 g/mol. The number of rotatable bonds is 4. The van der Waals surface area contributed by atoms with E-state index in [1.165, 1.54) is 60.1 Å². The number of hydrogen-bond donors (Lipinski definition) is 0. The molecule has 0 bridgehead atoms. The SMILES string of the molecule is [C-]#[N+]c1ccc2c(c1)c1cc(-c3c4ccccc4c(-c4ccc(-c5ccccc5)c5ccccc45)c4ccccc34)ccc1n2-c1ccccc1. The van der Waals surface area contributed by atoms with E-state index in [0.717, 1.165) is 33.1 Å². The number of hydrogen-bond acceptors (Lipinski definition) is 0. The highest BCUT2D eigenvalue weighted by molar-refractivity contribution is 6.25. The summed E-state index contributed by atoms with van der Waals surface area (Å²) < 4.78 is 2.31. The largest absolute Gasteiger partial charge is 0.309 e. The van der Waals surface area contributed by atoms with Crippen molar-refractivity contribution in [1.29, 1.82) is 0 Å². The average molecular weight is 647 g/mol. The number of nitrogens with zero attached hydrogens (tertiary/aromatic N) is 2. The maximum atomic E-state index is 7.77. The normalized spacial score (nSPS) is 11.5. The molecule has 0 aliphatic rings. The van der Waals surface area contributed by atoms with E-state index < -0.39 is 0 Å². The third-order valence-corrected chi connectivity index (χ3v) is 10.4. The van der Waals surface area contributed by atoms with Crippen molar-refractivity contribution < 1.29 is 0 Å². The van der Waals surface area contributed by atoms with E-state index >= 15 is 0 Å². The molecular formula is C49H30N2. The minimum atomic E-state index is 0.644. The van der Waals surface area contributed by atoms with Crippen LogP contribution in [0.3, 0.4) is 0 Å². The molecule has 0 saturated carbocycles. The van der Waals surface area contributed by atoms with Gasteiger partial charge in [-0.3, -0.25) is 0 Å². The quantitative estimate of drug-likeness (QED) is 0.133. The highest BCUT2D eigenvalue weighted by atomic mass is 15.0. The van der Waals surface area contributed by atoms with Gasteiger partial charge in [-0.1, -0.05) is 146 Å². The molecule has 1 heterocycles. The molecule has 0 unspecified atom stereocenters. The van der Waals surface area contributed by atoms with E-state index in [2.05, 4.69) is 173 Å². The van der Waals surface area contributed by atoms with Crippen LogP contribution in [0, 0.1) is 6.57 Å². The zero-order valence-corrected chi connectivity index (χ0v) is 27.7. The molecule has 0 aliphatic heterocycles. The summed E-state index contributed by atoms with van der Waals surface area (Å²) in [7, 11) is 0. The first-order valence-corrected chi connectivity index (χ1v) is 17.3. The van der Waals surface area contributed by atoms with Gasteiger partial charge in [-0.25, -0.2) is 4.85 Å². The predicted octanol–water partition coefficient (Wildman–Crippen LogP) is 13.8. The molecule has 2 heteroatoms. The van der Waals surface area contributed by atoms with Crippen molar-refractivity contribution in [3.05, 3.63) is 193 Å². The molecule has 0 N–H and O–H groups in total. The van der Waals surface area contributed by atoms with Crippen molar-refractivity contribution in [2.45, 2.75) is 0 Å². The van der Waals surface area contributed by atoms with Crippen molar-refractivity contribution in [1.82, 2.24) is 4.57 Å². The lowest BCUT2D eigenvalue weighted by Gasteiger charge is -2.20. The van der Waals surface area contributed by atoms with Gasteiger partial charge in [0.2, 0.25) is 0 Å². The van der Waals surface area contributed by atoms with Crippen molar-refractivity contribution in [3.63, 3.8) is 0 Å². The van der Waals surface area contributed by atoms with E-state index in [4.69, 9.17) is 6.57 Å². The molecule has 0 aliphatic carbocycles. The summed E-state index contributed by atoms with van der Waals surface area (Å²) in [5.74, 6) is 0. The molecular weight excluding hydrogens is 617 g/mol. The Bertz CT molecular complexity index is 2960. The molecule has 236 valence electrons. The van der Waals surface area contributed by atoms with Crippen LogP contribution in [0.1, 0.15) is 0 Å². The molecule has 0 atom stereocenters.